The van der Waals surface area contributed by atoms with E-state index in [0.29, 0.717) is 18.4 Å². The van der Waals surface area contributed by atoms with Crippen molar-refractivity contribution in [3.8, 4) is 0 Å². The molecule has 1 aromatic heterocycles. The topological polar surface area (TPSA) is 93.6 Å². The summed E-state index contributed by atoms with van der Waals surface area (Å²) in [6, 6.07) is 0. The summed E-state index contributed by atoms with van der Waals surface area (Å²) in [5.41, 5.74) is -0.543. The number of nitrogens with zero attached hydrogens (tertiary/aromatic N) is 1. The van der Waals surface area contributed by atoms with Gasteiger partial charge in [-0.15, -0.1) is 0 Å². The summed E-state index contributed by atoms with van der Waals surface area (Å²) in [5, 5.41) is 9.08. The van der Waals surface area contributed by atoms with Gasteiger partial charge in [0.05, 0.1) is 31.0 Å². The van der Waals surface area contributed by atoms with Crippen LogP contribution in [0.2, 0.25) is 0 Å². The van der Waals surface area contributed by atoms with Crippen molar-refractivity contribution in [2.45, 2.75) is 58.2 Å². The van der Waals surface area contributed by atoms with Crippen LogP contribution in [0.3, 0.4) is 0 Å². The summed E-state index contributed by atoms with van der Waals surface area (Å²) in [4.78, 5) is 26.0. The van der Waals surface area contributed by atoms with Gasteiger partial charge in [0.2, 0.25) is 0 Å². The van der Waals surface area contributed by atoms with E-state index in [-0.39, 0.29) is 25.4 Å². The number of aliphatic hydroxyl groups is 1. The first-order valence-electron chi connectivity index (χ1n) is 7.27. The minimum atomic E-state index is -0.504. The first-order valence-corrected chi connectivity index (χ1v) is 7.27. The van der Waals surface area contributed by atoms with Crippen molar-refractivity contribution < 1.29 is 14.6 Å². The number of aliphatic hydroxyl groups excluding tert-OH is 1. The number of aromatic amines is 1. The van der Waals surface area contributed by atoms with Gasteiger partial charge in [-0.05, 0) is 26.2 Å². The van der Waals surface area contributed by atoms with Crippen LogP contribution in [0.5, 0.6) is 0 Å². The molecule has 3 atom stereocenters. The average molecular weight is 298 g/mol. The number of aromatic nitrogens is 2. The van der Waals surface area contributed by atoms with Crippen molar-refractivity contribution in [2.75, 3.05) is 6.61 Å². The highest BCUT2D eigenvalue weighted by atomic mass is 16.5. The number of rotatable bonds is 6. The Balaban J connectivity index is 2.19. The van der Waals surface area contributed by atoms with Gasteiger partial charge in [-0.25, -0.2) is 4.79 Å². The van der Waals surface area contributed by atoms with Crippen LogP contribution in [0.1, 0.15) is 44.9 Å². The molecule has 0 amide bonds. The van der Waals surface area contributed by atoms with Crippen LogP contribution in [0.15, 0.2) is 15.8 Å². The predicted molar refractivity (Wildman–Crippen MR) is 76.1 cm³/mol. The van der Waals surface area contributed by atoms with E-state index in [4.69, 9.17) is 14.6 Å². The van der Waals surface area contributed by atoms with Crippen LogP contribution in [0.4, 0.5) is 0 Å². The van der Waals surface area contributed by atoms with Crippen LogP contribution in [-0.2, 0) is 16.1 Å². The summed E-state index contributed by atoms with van der Waals surface area (Å²) in [6.45, 7) is 4.01. The van der Waals surface area contributed by atoms with Gasteiger partial charge >= 0.3 is 5.69 Å². The lowest BCUT2D eigenvalue weighted by Crippen LogP contribution is -2.34. The van der Waals surface area contributed by atoms with Crippen LogP contribution in [-0.4, -0.2) is 33.5 Å². The highest BCUT2D eigenvalue weighted by Crippen LogP contribution is 2.26. The van der Waals surface area contributed by atoms with Gasteiger partial charge < -0.3 is 14.6 Å². The Hall–Kier alpha value is -1.44. The van der Waals surface area contributed by atoms with Crippen molar-refractivity contribution in [3.05, 3.63) is 32.6 Å². The fourth-order valence-corrected chi connectivity index (χ4v) is 2.22. The zero-order chi connectivity index (χ0) is 15.4. The zero-order valence-electron chi connectivity index (χ0n) is 12.4. The SMILES string of the molecule is CCC(C)OCc1cn([C@@H]2CC[C@@H](CO)O2)c(=O)[nH]c1=O. The highest BCUT2D eigenvalue weighted by molar-refractivity contribution is 5.03. The maximum absolute atomic E-state index is 11.9. The fraction of sp³-hybridized carbons (Fsp3) is 0.714. The molecule has 7 nitrogen and oxygen atoms in total. The lowest BCUT2D eigenvalue weighted by Gasteiger charge is -2.16. The van der Waals surface area contributed by atoms with E-state index in [1.54, 1.807) is 0 Å². The fourth-order valence-electron chi connectivity index (χ4n) is 2.22. The Morgan fingerprint density at radius 3 is 2.90 bits per heavy atom. The molecule has 1 aromatic rings. The number of H-pyrrole nitrogens is 1. The second kappa shape index (κ2) is 7.02. The van der Waals surface area contributed by atoms with Crippen LogP contribution in [0.25, 0.3) is 0 Å². The average Bonchev–Trinajstić information content (AvgIpc) is 2.94. The molecule has 2 N–H and O–H groups in total. The molecule has 1 aliphatic rings. The number of ether oxygens (including phenoxy) is 2. The molecule has 2 rings (SSSR count). The largest absolute Gasteiger partial charge is 0.394 e. The number of hydrogen-bond acceptors (Lipinski definition) is 5. The Bertz CT molecular complexity index is 579. The van der Waals surface area contributed by atoms with E-state index in [0.717, 1.165) is 6.42 Å². The second-order valence-corrected chi connectivity index (χ2v) is 5.32. The molecule has 0 aliphatic carbocycles. The van der Waals surface area contributed by atoms with Gasteiger partial charge in [0.1, 0.15) is 6.23 Å². The molecule has 0 spiro atoms. The monoisotopic (exact) mass is 298 g/mol. The van der Waals surface area contributed by atoms with Crippen molar-refractivity contribution in [2.24, 2.45) is 0 Å². The Kier molecular flexibility index (Phi) is 5.33. The zero-order valence-corrected chi connectivity index (χ0v) is 12.4. The molecule has 1 fully saturated rings. The third-order valence-electron chi connectivity index (χ3n) is 3.74. The standard InChI is InChI=1S/C14H22N2O5/c1-3-9(2)20-8-10-6-16(14(19)15-13(10)18)12-5-4-11(7-17)21-12/h6,9,11-12,17H,3-5,7-8H2,1-2H3,(H,15,18,19)/t9?,11-,12-/m0/s1. The number of nitrogens with one attached hydrogen (secondary N) is 1. The van der Waals surface area contributed by atoms with Crippen LogP contribution < -0.4 is 11.2 Å². The van der Waals surface area contributed by atoms with Crippen molar-refractivity contribution >= 4 is 0 Å². The molecule has 0 aromatic carbocycles. The molecule has 0 saturated carbocycles. The van der Waals surface area contributed by atoms with E-state index in [1.165, 1.54) is 10.8 Å². The van der Waals surface area contributed by atoms with E-state index in [1.807, 2.05) is 13.8 Å². The predicted octanol–water partition coefficient (Wildman–Crippen LogP) is 0.522. The van der Waals surface area contributed by atoms with Crippen molar-refractivity contribution in [1.82, 2.24) is 9.55 Å². The first-order chi connectivity index (χ1) is 10.0. The maximum Gasteiger partial charge on any atom is 0.330 e. The van der Waals surface area contributed by atoms with E-state index in [9.17, 15) is 9.59 Å². The summed E-state index contributed by atoms with van der Waals surface area (Å²) >= 11 is 0. The second-order valence-electron chi connectivity index (χ2n) is 5.32. The molecule has 118 valence electrons. The van der Waals surface area contributed by atoms with Gasteiger partial charge in [0.25, 0.3) is 5.56 Å². The molecule has 1 unspecified atom stereocenters. The summed E-state index contributed by atoms with van der Waals surface area (Å²) in [7, 11) is 0. The third-order valence-corrected chi connectivity index (χ3v) is 3.74. The number of hydrogen-bond donors (Lipinski definition) is 2. The van der Waals surface area contributed by atoms with E-state index in [2.05, 4.69) is 4.98 Å². The summed E-state index contributed by atoms with van der Waals surface area (Å²) in [5.74, 6) is 0. The lowest BCUT2D eigenvalue weighted by atomic mass is 10.2. The Labute approximate surface area is 122 Å². The van der Waals surface area contributed by atoms with Gasteiger partial charge in [0, 0.05) is 6.20 Å². The van der Waals surface area contributed by atoms with Gasteiger partial charge in [0.15, 0.2) is 0 Å². The molecule has 0 bridgehead atoms. The maximum atomic E-state index is 11.9. The third kappa shape index (κ3) is 3.81. The molecule has 1 saturated heterocycles. The molecular formula is C14H22N2O5. The Morgan fingerprint density at radius 1 is 1.52 bits per heavy atom. The highest BCUT2D eigenvalue weighted by Gasteiger charge is 2.27. The summed E-state index contributed by atoms with van der Waals surface area (Å²) in [6.07, 6.45) is 3.00. The molecule has 1 aliphatic heterocycles. The molecule has 21 heavy (non-hydrogen) atoms. The normalized spacial score (nSPS) is 23.4. The molecule has 2 heterocycles. The minimum absolute atomic E-state index is 0.0475. The quantitative estimate of drug-likeness (QED) is 0.798. The van der Waals surface area contributed by atoms with E-state index >= 15 is 0 Å². The van der Waals surface area contributed by atoms with Gasteiger partial charge in [-0.1, -0.05) is 6.92 Å². The molecule has 0 radical (unpaired) electrons. The van der Waals surface area contributed by atoms with Crippen LogP contribution in [0, 0.1) is 0 Å². The Morgan fingerprint density at radius 2 is 2.29 bits per heavy atom. The van der Waals surface area contributed by atoms with Gasteiger partial charge in [-0.2, -0.15) is 0 Å². The van der Waals surface area contributed by atoms with E-state index < -0.39 is 17.5 Å². The smallest absolute Gasteiger partial charge is 0.330 e. The molecule has 7 heteroatoms. The van der Waals surface area contributed by atoms with Crippen molar-refractivity contribution in [3.63, 3.8) is 0 Å². The first kappa shape index (κ1) is 15.9. The van der Waals surface area contributed by atoms with Gasteiger partial charge in [-0.3, -0.25) is 14.3 Å². The summed E-state index contributed by atoms with van der Waals surface area (Å²) < 4.78 is 12.5. The lowest BCUT2D eigenvalue weighted by molar-refractivity contribution is -0.0251. The molecular weight excluding hydrogens is 276 g/mol. The minimum Gasteiger partial charge on any atom is -0.394 e. The van der Waals surface area contributed by atoms with Crippen LogP contribution >= 0.6 is 0 Å². The van der Waals surface area contributed by atoms with Crippen molar-refractivity contribution in [1.29, 1.82) is 0 Å².